The summed E-state index contributed by atoms with van der Waals surface area (Å²) in [5, 5.41) is 8.72. The van der Waals surface area contributed by atoms with Gasteiger partial charge in [0, 0.05) is 31.7 Å². The topological polar surface area (TPSA) is 67.8 Å². The number of anilines is 1. The number of hydrogen-bond donors (Lipinski definition) is 0. The molecular formula is C24H25FN4O3. The Hall–Kier alpha value is -3.68. The SMILES string of the molecule is CCOc1ccc(-c2ccc(N3CCN(C(=O)COc4ccccc4F)CC3)nn2)cc1. The van der Waals surface area contributed by atoms with Gasteiger partial charge in [0.25, 0.3) is 5.91 Å². The van der Waals surface area contributed by atoms with Crippen LogP contribution in [0.1, 0.15) is 6.92 Å². The minimum atomic E-state index is -0.475. The molecule has 4 rings (SSSR count). The molecule has 0 aliphatic carbocycles. The summed E-state index contributed by atoms with van der Waals surface area (Å²) in [4.78, 5) is 16.2. The highest BCUT2D eigenvalue weighted by atomic mass is 19.1. The molecule has 166 valence electrons. The number of benzene rings is 2. The zero-order valence-electron chi connectivity index (χ0n) is 17.9. The first-order valence-electron chi connectivity index (χ1n) is 10.6. The van der Waals surface area contributed by atoms with Gasteiger partial charge in [0.15, 0.2) is 24.0 Å². The third-order valence-corrected chi connectivity index (χ3v) is 5.26. The maximum absolute atomic E-state index is 13.6. The van der Waals surface area contributed by atoms with E-state index in [0.29, 0.717) is 32.8 Å². The lowest BCUT2D eigenvalue weighted by molar-refractivity contribution is -0.133. The zero-order valence-corrected chi connectivity index (χ0v) is 17.9. The molecule has 1 amide bonds. The molecule has 32 heavy (non-hydrogen) atoms. The van der Waals surface area contributed by atoms with Gasteiger partial charge in [-0.1, -0.05) is 12.1 Å². The molecule has 0 atom stereocenters. The Kier molecular flexibility index (Phi) is 6.79. The first kappa shape index (κ1) is 21.5. The second-order valence-corrected chi connectivity index (χ2v) is 7.32. The molecule has 0 unspecified atom stereocenters. The molecule has 2 aromatic carbocycles. The van der Waals surface area contributed by atoms with Gasteiger partial charge in [0.2, 0.25) is 0 Å². The van der Waals surface area contributed by atoms with E-state index in [1.54, 1.807) is 17.0 Å². The number of amides is 1. The van der Waals surface area contributed by atoms with Crippen LogP contribution in [-0.4, -0.2) is 60.4 Å². The number of halogens is 1. The monoisotopic (exact) mass is 436 g/mol. The maximum Gasteiger partial charge on any atom is 0.260 e. The Labute approximate surface area is 186 Å². The smallest absolute Gasteiger partial charge is 0.260 e. The van der Waals surface area contributed by atoms with Gasteiger partial charge in [-0.2, -0.15) is 0 Å². The number of piperazine rings is 1. The number of nitrogens with zero attached hydrogens (tertiary/aromatic N) is 4. The van der Waals surface area contributed by atoms with Crippen LogP contribution in [0.2, 0.25) is 0 Å². The van der Waals surface area contributed by atoms with Gasteiger partial charge in [-0.05, 0) is 55.5 Å². The molecule has 1 saturated heterocycles. The van der Waals surface area contributed by atoms with Crippen LogP contribution in [0.5, 0.6) is 11.5 Å². The predicted octanol–water partition coefficient (Wildman–Crippen LogP) is 3.41. The van der Waals surface area contributed by atoms with Crippen molar-refractivity contribution in [3.8, 4) is 22.8 Å². The molecule has 0 spiro atoms. The molecule has 8 heteroatoms. The van der Waals surface area contributed by atoms with E-state index in [1.165, 1.54) is 12.1 Å². The van der Waals surface area contributed by atoms with E-state index in [1.807, 2.05) is 43.3 Å². The van der Waals surface area contributed by atoms with Gasteiger partial charge in [-0.15, -0.1) is 10.2 Å². The number of ether oxygens (including phenoxy) is 2. The highest BCUT2D eigenvalue weighted by molar-refractivity contribution is 5.78. The van der Waals surface area contributed by atoms with Crippen molar-refractivity contribution in [2.45, 2.75) is 6.92 Å². The molecule has 0 bridgehead atoms. The number of para-hydroxylation sites is 1. The van der Waals surface area contributed by atoms with Gasteiger partial charge in [-0.3, -0.25) is 4.79 Å². The van der Waals surface area contributed by atoms with E-state index < -0.39 is 5.82 Å². The Bertz CT molecular complexity index is 1040. The highest BCUT2D eigenvalue weighted by Crippen LogP contribution is 2.22. The van der Waals surface area contributed by atoms with Crippen molar-refractivity contribution >= 4 is 11.7 Å². The summed E-state index contributed by atoms with van der Waals surface area (Å²) in [6.45, 7) is 4.77. The summed E-state index contributed by atoms with van der Waals surface area (Å²) < 4.78 is 24.4. The largest absolute Gasteiger partial charge is 0.494 e. The predicted molar refractivity (Wildman–Crippen MR) is 119 cm³/mol. The third-order valence-electron chi connectivity index (χ3n) is 5.26. The van der Waals surface area contributed by atoms with Gasteiger partial charge >= 0.3 is 0 Å². The summed E-state index contributed by atoms with van der Waals surface area (Å²) in [6, 6.07) is 17.7. The summed E-state index contributed by atoms with van der Waals surface area (Å²) in [7, 11) is 0. The average Bonchev–Trinajstić information content (AvgIpc) is 2.84. The number of rotatable bonds is 7. The lowest BCUT2D eigenvalue weighted by Gasteiger charge is -2.35. The lowest BCUT2D eigenvalue weighted by atomic mass is 10.1. The van der Waals surface area contributed by atoms with Crippen molar-refractivity contribution in [3.63, 3.8) is 0 Å². The third kappa shape index (κ3) is 5.14. The van der Waals surface area contributed by atoms with Crippen LogP contribution in [0.3, 0.4) is 0 Å². The van der Waals surface area contributed by atoms with Crippen molar-refractivity contribution in [2.75, 3.05) is 44.3 Å². The molecule has 1 fully saturated rings. The molecule has 2 heterocycles. The maximum atomic E-state index is 13.6. The van der Waals surface area contributed by atoms with E-state index in [2.05, 4.69) is 15.1 Å². The Morgan fingerprint density at radius 2 is 1.69 bits per heavy atom. The number of carbonyl (C=O) groups excluding carboxylic acids is 1. The zero-order chi connectivity index (χ0) is 22.3. The van der Waals surface area contributed by atoms with Crippen molar-refractivity contribution in [1.29, 1.82) is 0 Å². The van der Waals surface area contributed by atoms with Crippen LogP contribution in [0.4, 0.5) is 10.2 Å². The van der Waals surface area contributed by atoms with Crippen molar-refractivity contribution in [1.82, 2.24) is 15.1 Å². The highest BCUT2D eigenvalue weighted by Gasteiger charge is 2.22. The van der Waals surface area contributed by atoms with Crippen LogP contribution >= 0.6 is 0 Å². The first-order valence-corrected chi connectivity index (χ1v) is 10.6. The second-order valence-electron chi connectivity index (χ2n) is 7.32. The van der Waals surface area contributed by atoms with Gasteiger partial charge in [-0.25, -0.2) is 4.39 Å². The molecule has 1 aromatic heterocycles. The van der Waals surface area contributed by atoms with Crippen LogP contribution in [0.25, 0.3) is 11.3 Å². The molecule has 0 radical (unpaired) electrons. The molecule has 7 nitrogen and oxygen atoms in total. The van der Waals surface area contributed by atoms with E-state index in [-0.39, 0.29) is 18.3 Å². The summed E-state index contributed by atoms with van der Waals surface area (Å²) in [5.41, 5.74) is 1.76. The Morgan fingerprint density at radius 3 is 2.34 bits per heavy atom. The second kappa shape index (κ2) is 10.1. The molecule has 3 aromatic rings. The van der Waals surface area contributed by atoms with Crippen LogP contribution < -0.4 is 14.4 Å². The van der Waals surface area contributed by atoms with E-state index >= 15 is 0 Å². The fourth-order valence-electron chi connectivity index (χ4n) is 3.51. The van der Waals surface area contributed by atoms with E-state index in [4.69, 9.17) is 9.47 Å². The quantitative estimate of drug-likeness (QED) is 0.566. The van der Waals surface area contributed by atoms with Gasteiger partial charge < -0.3 is 19.3 Å². The minimum absolute atomic E-state index is 0.0855. The van der Waals surface area contributed by atoms with Crippen molar-refractivity contribution in [3.05, 3.63) is 66.5 Å². The van der Waals surface area contributed by atoms with Crippen LogP contribution in [0, 0.1) is 5.82 Å². The number of hydrogen-bond acceptors (Lipinski definition) is 6. The first-order chi connectivity index (χ1) is 15.6. The van der Waals surface area contributed by atoms with Gasteiger partial charge in [0.05, 0.1) is 12.3 Å². The van der Waals surface area contributed by atoms with Gasteiger partial charge in [0.1, 0.15) is 5.75 Å². The molecule has 1 aliphatic heterocycles. The van der Waals surface area contributed by atoms with Crippen molar-refractivity contribution < 1.29 is 18.7 Å². The molecular weight excluding hydrogens is 411 g/mol. The molecule has 0 N–H and O–H groups in total. The average molecular weight is 436 g/mol. The number of carbonyl (C=O) groups is 1. The summed E-state index contributed by atoms with van der Waals surface area (Å²) in [6.07, 6.45) is 0. The standard InChI is InChI=1S/C24H25FN4O3/c1-2-31-19-9-7-18(8-10-19)21-11-12-23(27-26-21)28-13-15-29(16-14-28)24(30)17-32-22-6-4-3-5-20(22)25/h3-12H,2,13-17H2,1H3. The van der Waals surface area contributed by atoms with E-state index in [9.17, 15) is 9.18 Å². The lowest BCUT2D eigenvalue weighted by Crippen LogP contribution is -2.50. The summed E-state index contributed by atoms with van der Waals surface area (Å²) >= 11 is 0. The normalized spacial score (nSPS) is 13.7. The fourth-order valence-corrected chi connectivity index (χ4v) is 3.51. The van der Waals surface area contributed by atoms with Crippen LogP contribution in [-0.2, 0) is 4.79 Å². The fraction of sp³-hybridized carbons (Fsp3) is 0.292. The summed E-state index contributed by atoms with van der Waals surface area (Å²) in [5.74, 6) is 1.05. The Balaban J connectivity index is 1.29. The minimum Gasteiger partial charge on any atom is -0.494 e. The molecule has 0 saturated carbocycles. The van der Waals surface area contributed by atoms with Crippen LogP contribution in [0.15, 0.2) is 60.7 Å². The number of aromatic nitrogens is 2. The van der Waals surface area contributed by atoms with E-state index in [0.717, 1.165) is 22.8 Å². The van der Waals surface area contributed by atoms with Crippen molar-refractivity contribution in [2.24, 2.45) is 0 Å². The Morgan fingerprint density at radius 1 is 0.938 bits per heavy atom. The molecule has 1 aliphatic rings.